The van der Waals surface area contributed by atoms with Crippen LogP contribution >= 0.6 is 0 Å². The molecule has 0 aromatic heterocycles. The van der Waals surface area contributed by atoms with E-state index in [0.29, 0.717) is 0 Å². The summed E-state index contributed by atoms with van der Waals surface area (Å²) >= 11 is 0. The largest absolute Gasteiger partial charge is 0.350 e. The van der Waals surface area contributed by atoms with Crippen molar-refractivity contribution in [1.82, 2.24) is 5.32 Å². The van der Waals surface area contributed by atoms with E-state index in [1.54, 1.807) is 0 Å². The highest BCUT2D eigenvalue weighted by Crippen LogP contribution is 2.27. The van der Waals surface area contributed by atoms with Crippen LogP contribution in [0.2, 0.25) is 0 Å². The molecule has 1 atom stereocenters. The minimum atomic E-state index is -0.754. The molecule has 0 spiro atoms. The number of hydrogen-bond acceptors (Lipinski definition) is 2. The summed E-state index contributed by atoms with van der Waals surface area (Å²) in [6.07, 6.45) is 0.846. The molecule has 20 heavy (non-hydrogen) atoms. The van der Waals surface area contributed by atoms with Crippen LogP contribution in [0.15, 0.2) is 30.3 Å². The van der Waals surface area contributed by atoms with Gasteiger partial charge >= 0.3 is 0 Å². The monoisotopic (exact) mass is 272 g/mol. The van der Waals surface area contributed by atoms with Gasteiger partial charge in [-0.2, -0.15) is 5.26 Å². The highest BCUT2D eigenvalue weighted by molar-refractivity contribution is 5.86. The minimum Gasteiger partial charge on any atom is -0.350 e. The Labute approximate surface area is 122 Å². The zero-order valence-corrected chi connectivity index (χ0v) is 13.0. The van der Waals surface area contributed by atoms with E-state index in [1.165, 1.54) is 0 Å². The molecule has 1 amide bonds. The van der Waals surface area contributed by atoms with E-state index >= 15 is 0 Å². The van der Waals surface area contributed by atoms with Crippen molar-refractivity contribution in [3.63, 3.8) is 0 Å². The number of carbonyl (C=O) groups excluding carboxylic acids is 1. The fraction of sp³-hybridized carbons (Fsp3) is 0.529. The molecule has 1 N–H and O–H groups in total. The second kappa shape index (κ2) is 6.09. The number of carbonyl (C=O) groups is 1. The molecule has 0 heterocycles. The quantitative estimate of drug-likeness (QED) is 0.910. The van der Waals surface area contributed by atoms with Gasteiger partial charge in [-0.3, -0.25) is 4.79 Å². The summed E-state index contributed by atoms with van der Waals surface area (Å²) in [5.41, 5.74) is 0.518. The van der Waals surface area contributed by atoms with E-state index < -0.39 is 5.92 Å². The highest BCUT2D eigenvalue weighted by atomic mass is 16.2. The van der Waals surface area contributed by atoms with E-state index in [2.05, 4.69) is 32.2 Å². The van der Waals surface area contributed by atoms with Gasteiger partial charge in [0.15, 0.2) is 0 Å². The molecule has 108 valence electrons. The van der Waals surface area contributed by atoms with Crippen LogP contribution in [0.5, 0.6) is 0 Å². The van der Waals surface area contributed by atoms with Gasteiger partial charge in [-0.1, -0.05) is 51.1 Å². The third-order valence-corrected chi connectivity index (χ3v) is 2.96. The molecule has 0 aliphatic carbocycles. The number of nitriles is 1. The molecular formula is C17H24N2O. The van der Waals surface area contributed by atoms with Crippen LogP contribution in [0.3, 0.4) is 0 Å². The summed E-state index contributed by atoms with van der Waals surface area (Å²) < 4.78 is 0. The number of hydrogen-bond donors (Lipinski definition) is 1. The van der Waals surface area contributed by atoms with Gasteiger partial charge < -0.3 is 5.32 Å². The number of nitrogens with one attached hydrogen (secondary N) is 1. The first-order valence-electron chi connectivity index (χ1n) is 6.91. The van der Waals surface area contributed by atoms with Gasteiger partial charge in [-0.25, -0.2) is 0 Å². The van der Waals surface area contributed by atoms with Gasteiger partial charge in [0.25, 0.3) is 0 Å². The van der Waals surface area contributed by atoms with Crippen molar-refractivity contribution in [2.24, 2.45) is 5.41 Å². The number of benzene rings is 1. The Kier molecular flexibility index (Phi) is 4.94. The van der Waals surface area contributed by atoms with E-state index in [9.17, 15) is 10.1 Å². The maximum atomic E-state index is 12.3. The summed E-state index contributed by atoms with van der Waals surface area (Å²) in [5.74, 6) is -0.983. The first-order chi connectivity index (χ1) is 9.14. The van der Waals surface area contributed by atoms with Crippen molar-refractivity contribution in [2.45, 2.75) is 52.5 Å². The molecule has 0 saturated carbocycles. The molecule has 1 rings (SSSR count). The lowest BCUT2D eigenvalue weighted by Gasteiger charge is -2.33. The Hall–Kier alpha value is -1.82. The van der Waals surface area contributed by atoms with Crippen molar-refractivity contribution in [2.75, 3.05) is 0 Å². The lowest BCUT2D eigenvalue weighted by Crippen LogP contribution is -2.47. The molecule has 3 nitrogen and oxygen atoms in total. The van der Waals surface area contributed by atoms with Crippen LogP contribution in [-0.4, -0.2) is 11.4 Å². The molecule has 0 aliphatic heterocycles. The molecule has 1 aromatic rings. The Morgan fingerprint density at radius 1 is 1.20 bits per heavy atom. The Bertz CT molecular complexity index is 492. The molecule has 0 radical (unpaired) electrons. The molecule has 0 fully saturated rings. The van der Waals surface area contributed by atoms with Crippen LogP contribution in [0.25, 0.3) is 0 Å². The first kappa shape index (κ1) is 16.2. The molecular weight excluding hydrogens is 248 g/mol. The molecule has 0 aliphatic rings. The summed E-state index contributed by atoms with van der Waals surface area (Å²) in [7, 11) is 0. The molecule has 3 heteroatoms. The van der Waals surface area contributed by atoms with E-state index in [-0.39, 0.29) is 16.9 Å². The van der Waals surface area contributed by atoms with E-state index in [4.69, 9.17) is 0 Å². The predicted molar refractivity (Wildman–Crippen MR) is 81.1 cm³/mol. The maximum absolute atomic E-state index is 12.3. The van der Waals surface area contributed by atoms with E-state index in [1.807, 2.05) is 44.2 Å². The normalized spacial score (nSPS) is 13.4. The summed E-state index contributed by atoms with van der Waals surface area (Å²) in [6, 6.07) is 11.3. The van der Waals surface area contributed by atoms with Crippen LogP contribution in [0.1, 0.15) is 52.5 Å². The number of rotatable bonds is 4. The fourth-order valence-corrected chi connectivity index (χ4v) is 2.71. The Morgan fingerprint density at radius 3 is 2.20 bits per heavy atom. The first-order valence-corrected chi connectivity index (χ1v) is 6.91. The van der Waals surface area contributed by atoms with Gasteiger partial charge in [0, 0.05) is 5.54 Å². The zero-order valence-electron chi connectivity index (χ0n) is 13.0. The Balaban J connectivity index is 2.82. The SMILES string of the molecule is CC(C)(C)CC(C)(C)NC(=O)C(C#N)c1ccccc1. The van der Waals surface area contributed by atoms with Gasteiger partial charge in [0.05, 0.1) is 6.07 Å². The summed E-state index contributed by atoms with van der Waals surface area (Å²) in [5, 5.41) is 12.3. The fourth-order valence-electron chi connectivity index (χ4n) is 2.71. The third-order valence-electron chi connectivity index (χ3n) is 2.96. The van der Waals surface area contributed by atoms with Crippen molar-refractivity contribution in [3.8, 4) is 6.07 Å². The molecule has 1 aromatic carbocycles. The second-order valence-corrected chi connectivity index (χ2v) is 7.08. The lowest BCUT2D eigenvalue weighted by molar-refractivity contribution is -0.123. The third kappa shape index (κ3) is 5.05. The van der Waals surface area contributed by atoms with Crippen molar-refractivity contribution >= 4 is 5.91 Å². The topological polar surface area (TPSA) is 52.9 Å². The second-order valence-electron chi connectivity index (χ2n) is 7.08. The molecule has 0 saturated heterocycles. The average molecular weight is 272 g/mol. The van der Waals surface area contributed by atoms with Gasteiger partial charge in [0.2, 0.25) is 5.91 Å². The van der Waals surface area contributed by atoms with Gasteiger partial charge in [0.1, 0.15) is 5.92 Å². The van der Waals surface area contributed by atoms with Crippen LogP contribution in [-0.2, 0) is 4.79 Å². The average Bonchev–Trinajstić information content (AvgIpc) is 2.27. The van der Waals surface area contributed by atoms with Crippen LogP contribution in [0, 0.1) is 16.7 Å². The van der Waals surface area contributed by atoms with Crippen LogP contribution < -0.4 is 5.32 Å². The zero-order chi connectivity index (χ0) is 15.4. The van der Waals surface area contributed by atoms with Crippen LogP contribution in [0.4, 0.5) is 0 Å². The van der Waals surface area contributed by atoms with Gasteiger partial charge in [-0.15, -0.1) is 0 Å². The van der Waals surface area contributed by atoms with Crippen molar-refractivity contribution in [3.05, 3.63) is 35.9 Å². The van der Waals surface area contributed by atoms with Crippen molar-refractivity contribution < 1.29 is 4.79 Å². The number of nitrogens with zero attached hydrogens (tertiary/aromatic N) is 1. The summed E-state index contributed by atoms with van der Waals surface area (Å²) in [6.45, 7) is 10.4. The highest BCUT2D eigenvalue weighted by Gasteiger charge is 2.30. The van der Waals surface area contributed by atoms with Gasteiger partial charge in [-0.05, 0) is 31.2 Å². The van der Waals surface area contributed by atoms with Crippen molar-refractivity contribution in [1.29, 1.82) is 5.26 Å². The standard InChI is InChI=1S/C17H24N2O/c1-16(2,3)12-17(4,5)19-15(20)14(11-18)13-9-7-6-8-10-13/h6-10,14H,12H2,1-5H3,(H,19,20). The molecule has 1 unspecified atom stereocenters. The summed E-state index contributed by atoms with van der Waals surface area (Å²) in [4.78, 5) is 12.3. The maximum Gasteiger partial charge on any atom is 0.242 e. The smallest absolute Gasteiger partial charge is 0.242 e. The molecule has 0 bridgehead atoms. The van der Waals surface area contributed by atoms with E-state index in [0.717, 1.165) is 12.0 Å². The number of amides is 1. The Morgan fingerprint density at radius 2 is 1.75 bits per heavy atom. The minimum absolute atomic E-state index is 0.117. The lowest BCUT2D eigenvalue weighted by atomic mass is 9.81. The predicted octanol–water partition coefficient (Wildman–Crippen LogP) is 3.62.